The molecule has 0 aliphatic heterocycles. The van der Waals surface area contributed by atoms with Crippen LogP contribution in [-0.4, -0.2) is 34.9 Å². The molecule has 0 saturated carbocycles. The summed E-state index contributed by atoms with van der Waals surface area (Å²) in [7, 11) is 1.78. The van der Waals surface area contributed by atoms with Crippen LogP contribution in [0.25, 0.3) is 0 Å². The van der Waals surface area contributed by atoms with E-state index in [-0.39, 0.29) is 0 Å². The number of hydrogen-bond donors (Lipinski definition) is 3. The van der Waals surface area contributed by atoms with E-state index in [0.717, 1.165) is 0 Å². The summed E-state index contributed by atoms with van der Waals surface area (Å²) >= 11 is 0. The summed E-state index contributed by atoms with van der Waals surface area (Å²) in [6.45, 7) is 0.620. The van der Waals surface area contributed by atoms with E-state index >= 15 is 0 Å². The van der Waals surface area contributed by atoms with Crippen LogP contribution in [0.2, 0.25) is 0 Å². The van der Waals surface area contributed by atoms with Crippen molar-refractivity contribution in [3.63, 3.8) is 0 Å². The molecule has 0 aromatic carbocycles. The van der Waals surface area contributed by atoms with E-state index in [1.165, 1.54) is 6.20 Å². The molecule has 0 spiro atoms. The quantitative estimate of drug-likeness (QED) is 0.649. The van der Waals surface area contributed by atoms with Crippen molar-refractivity contribution in [2.24, 2.45) is 0 Å². The van der Waals surface area contributed by atoms with Crippen LogP contribution in [0.1, 0.15) is 23.8 Å². The number of pyridine rings is 1. The fraction of sp³-hybridized carbons (Fsp3) is 0.455. The van der Waals surface area contributed by atoms with Crippen LogP contribution in [0.15, 0.2) is 18.3 Å². The maximum Gasteiger partial charge on any atom is 0.122 e. The van der Waals surface area contributed by atoms with Gasteiger partial charge in [0.15, 0.2) is 0 Å². The minimum Gasteiger partial charge on any atom is -0.390 e. The van der Waals surface area contributed by atoms with Gasteiger partial charge in [0.05, 0.1) is 17.4 Å². The molecular formula is C11H15N3O2. The third-order valence-electron chi connectivity index (χ3n) is 2.27. The molecule has 1 aromatic heterocycles. The maximum absolute atomic E-state index is 9.76. The van der Waals surface area contributed by atoms with Crippen LogP contribution in [0.3, 0.4) is 0 Å². The van der Waals surface area contributed by atoms with Gasteiger partial charge in [0.25, 0.3) is 0 Å². The number of nitrogens with zero attached hydrogens (tertiary/aromatic N) is 2. The average Bonchev–Trinajstić information content (AvgIpc) is 2.35. The molecule has 0 saturated heterocycles. The van der Waals surface area contributed by atoms with Gasteiger partial charge in [0.1, 0.15) is 12.2 Å². The van der Waals surface area contributed by atoms with E-state index in [0.29, 0.717) is 24.2 Å². The number of hydrogen-bond acceptors (Lipinski definition) is 5. The molecule has 5 heteroatoms. The van der Waals surface area contributed by atoms with Gasteiger partial charge in [-0.15, -0.1) is 0 Å². The molecule has 5 nitrogen and oxygen atoms in total. The first-order valence-electron chi connectivity index (χ1n) is 5.05. The maximum atomic E-state index is 9.76. The van der Waals surface area contributed by atoms with Gasteiger partial charge < -0.3 is 15.5 Å². The zero-order chi connectivity index (χ0) is 12.0. The molecule has 3 N–H and O–H groups in total. The molecule has 86 valence electrons. The summed E-state index contributed by atoms with van der Waals surface area (Å²) in [5.74, 6) is 0. The number of aromatic nitrogens is 1. The van der Waals surface area contributed by atoms with Crippen molar-refractivity contribution in [2.45, 2.75) is 18.6 Å². The van der Waals surface area contributed by atoms with Crippen LogP contribution in [0.4, 0.5) is 0 Å². The predicted molar refractivity (Wildman–Crippen MR) is 58.5 cm³/mol. The molecule has 1 heterocycles. The second-order valence-corrected chi connectivity index (χ2v) is 3.49. The van der Waals surface area contributed by atoms with Gasteiger partial charge in [0.2, 0.25) is 0 Å². The standard InChI is InChI=1S/C11H15N3O2/c1-13-5-4-10(15)11(16)9-3-2-8(6-12)7-14-9/h2-3,7,10-11,13,15-16H,4-5H2,1H3. The lowest BCUT2D eigenvalue weighted by atomic mass is 10.1. The van der Waals surface area contributed by atoms with Gasteiger partial charge in [-0.1, -0.05) is 0 Å². The number of nitriles is 1. The van der Waals surface area contributed by atoms with E-state index in [1.807, 2.05) is 6.07 Å². The van der Waals surface area contributed by atoms with Crippen LogP contribution in [0, 0.1) is 11.3 Å². The Morgan fingerprint density at radius 3 is 2.75 bits per heavy atom. The van der Waals surface area contributed by atoms with Crippen molar-refractivity contribution < 1.29 is 10.2 Å². The first-order chi connectivity index (χ1) is 7.69. The molecule has 1 aromatic rings. The van der Waals surface area contributed by atoms with Crippen LogP contribution in [-0.2, 0) is 0 Å². The minimum atomic E-state index is -1.01. The molecule has 0 bridgehead atoms. The summed E-state index contributed by atoms with van der Waals surface area (Å²) in [5, 5.41) is 30.9. The zero-order valence-electron chi connectivity index (χ0n) is 9.09. The molecule has 2 atom stereocenters. The fourth-order valence-corrected chi connectivity index (χ4v) is 1.29. The highest BCUT2D eigenvalue weighted by molar-refractivity contribution is 5.27. The average molecular weight is 221 g/mol. The summed E-state index contributed by atoms with van der Waals surface area (Å²) in [5.41, 5.74) is 0.809. The monoisotopic (exact) mass is 221 g/mol. The fourth-order valence-electron chi connectivity index (χ4n) is 1.29. The van der Waals surface area contributed by atoms with Gasteiger partial charge in [-0.2, -0.15) is 5.26 Å². The van der Waals surface area contributed by atoms with Gasteiger partial charge in [-0.25, -0.2) is 0 Å². The van der Waals surface area contributed by atoms with Crippen LogP contribution < -0.4 is 5.32 Å². The van der Waals surface area contributed by atoms with Crippen molar-refractivity contribution in [3.8, 4) is 6.07 Å². The molecule has 0 aliphatic carbocycles. The van der Waals surface area contributed by atoms with Crippen molar-refractivity contribution in [1.29, 1.82) is 5.26 Å². The molecule has 0 radical (unpaired) electrons. The first kappa shape index (κ1) is 12.6. The Morgan fingerprint density at radius 1 is 1.50 bits per heavy atom. The molecule has 0 fully saturated rings. The Morgan fingerprint density at radius 2 is 2.25 bits per heavy atom. The topological polar surface area (TPSA) is 89.2 Å². The highest BCUT2D eigenvalue weighted by atomic mass is 16.3. The number of aliphatic hydroxyl groups excluding tert-OH is 2. The summed E-state index contributed by atoms with van der Waals surface area (Å²) in [6.07, 6.45) is -0.0446. The molecule has 16 heavy (non-hydrogen) atoms. The Bertz CT molecular complexity index is 358. The lowest BCUT2D eigenvalue weighted by Gasteiger charge is -2.16. The van der Waals surface area contributed by atoms with E-state index in [2.05, 4.69) is 10.3 Å². The second kappa shape index (κ2) is 6.18. The van der Waals surface area contributed by atoms with Crippen molar-refractivity contribution in [1.82, 2.24) is 10.3 Å². The second-order valence-electron chi connectivity index (χ2n) is 3.49. The molecule has 2 unspecified atom stereocenters. The van der Waals surface area contributed by atoms with E-state index in [9.17, 15) is 10.2 Å². The molecular weight excluding hydrogens is 206 g/mol. The largest absolute Gasteiger partial charge is 0.390 e. The Kier molecular flexibility index (Phi) is 4.86. The van der Waals surface area contributed by atoms with E-state index in [1.54, 1.807) is 19.2 Å². The van der Waals surface area contributed by atoms with E-state index in [4.69, 9.17) is 5.26 Å². The summed E-state index contributed by atoms with van der Waals surface area (Å²) in [4.78, 5) is 3.93. The lowest BCUT2D eigenvalue weighted by molar-refractivity contribution is 0.0115. The smallest absolute Gasteiger partial charge is 0.122 e. The molecule has 1 rings (SSSR count). The highest BCUT2D eigenvalue weighted by Crippen LogP contribution is 2.16. The SMILES string of the molecule is CNCCC(O)C(O)c1ccc(C#N)cn1. The predicted octanol–water partition coefficient (Wildman–Crippen LogP) is -0.0429. The van der Waals surface area contributed by atoms with Gasteiger partial charge in [0, 0.05) is 6.20 Å². The highest BCUT2D eigenvalue weighted by Gasteiger charge is 2.18. The summed E-state index contributed by atoms with van der Waals surface area (Å²) < 4.78 is 0. The van der Waals surface area contributed by atoms with Gasteiger partial charge in [-0.3, -0.25) is 4.98 Å². The van der Waals surface area contributed by atoms with Crippen molar-refractivity contribution >= 4 is 0 Å². The van der Waals surface area contributed by atoms with Crippen molar-refractivity contribution in [2.75, 3.05) is 13.6 Å². The molecule has 0 amide bonds. The number of nitrogens with one attached hydrogen (secondary N) is 1. The Balaban J connectivity index is 2.65. The normalized spacial score (nSPS) is 14.1. The third kappa shape index (κ3) is 3.28. The first-order valence-corrected chi connectivity index (χ1v) is 5.05. The van der Waals surface area contributed by atoms with Crippen LogP contribution in [0.5, 0.6) is 0 Å². The van der Waals surface area contributed by atoms with Crippen LogP contribution >= 0.6 is 0 Å². The Hall–Kier alpha value is -1.48. The summed E-state index contributed by atoms with van der Waals surface area (Å²) in [6, 6.07) is 5.05. The van der Waals surface area contributed by atoms with E-state index < -0.39 is 12.2 Å². The number of rotatable bonds is 5. The Labute approximate surface area is 94.4 Å². The minimum absolute atomic E-state index is 0.377. The van der Waals surface area contributed by atoms with Crippen molar-refractivity contribution in [3.05, 3.63) is 29.6 Å². The lowest BCUT2D eigenvalue weighted by Crippen LogP contribution is -2.23. The third-order valence-corrected chi connectivity index (χ3v) is 2.27. The van der Waals surface area contributed by atoms with Gasteiger partial charge in [-0.05, 0) is 32.1 Å². The zero-order valence-corrected chi connectivity index (χ0v) is 9.09. The molecule has 0 aliphatic rings. The number of aliphatic hydroxyl groups is 2. The van der Waals surface area contributed by atoms with Gasteiger partial charge >= 0.3 is 0 Å².